The molecular weight excluding hydrogens is 230 g/mol. The Morgan fingerprint density at radius 3 is 2.28 bits per heavy atom. The number of hydrogen-bond donors (Lipinski definition) is 1. The number of methoxy groups -OCH3 is 1. The predicted molar refractivity (Wildman–Crippen MR) is 72.3 cm³/mol. The second-order valence-electron chi connectivity index (χ2n) is 5.26. The highest BCUT2D eigenvalue weighted by atomic mass is 16.6. The Hall–Kier alpha value is -1.71. The van der Waals surface area contributed by atoms with Gasteiger partial charge in [-0.1, -0.05) is 0 Å². The average molecular weight is 251 g/mol. The largest absolute Gasteiger partial charge is 0.496 e. The molecule has 1 aromatic rings. The van der Waals surface area contributed by atoms with Crippen molar-refractivity contribution in [2.45, 2.75) is 40.2 Å². The highest BCUT2D eigenvalue weighted by Gasteiger charge is 2.17. The first-order valence-electron chi connectivity index (χ1n) is 5.88. The molecule has 100 valence electrons. The zero-order valence-electron chi connectivity index (χ0n) is 11.9. The Balaban J connectivity index is 2.86. The number of nitrogens with one attached hydrogen (secondary N) is 1. The van der Waals surface area contributed by atoms with Gasteiger partial charge in [0.2, 0.25) is 0 Å². The van der Waals surface area contributed by atoms with E-state index in [4.69, 9.17) is 9.47 Å². The van der Waals surface area contributed by atoms with Gasteiger partial charge in [0.15, 0.2) is 0 Å². The first-order valence-corrected chi connectivity index (χ1v) is 5.88. The molecule has 4 nitrogen and oxygen atoms in total. The van der Waals surface area contributed by atoms with Crippen molar-refractivity contribution in [1.82, 2.24) is 0 Å². The van der Waals surface area contributed by atoms with Gasteiger partial charge in [-0.2, -0.15) is 0 Å². The number of anilines is 1. The number of carbonyl (C=O) groups is 1. The summed E-state index contributed by atoms with van der Waals surface area (Å²) >= 11 is 0. The van der Waals surface area contributed by atoms with E-state index in [0.29, 0.717) is 0 Å². The molecule has 0 aliphatic rings. The van der Waals surface area contributed by atoms with Crippen LogP contribution in [-0.4, -0.2) is 18.8 Å². The van der Waals surface area contributed by atoms with Crippen LogP contribution in [0.15, 0.2) is 12.1 Å². The zero-order chi connectivity index (χ0) is 13.9. The minimum absolute atomic E-state index is 0.449. The third kappa shape index (κ3) is 3.95. The van der Waals surface area contributed by atoms with Gasteiger partial charge in [0.05, 0.1) is 7.11 Å². The quantitative estimate of drug-likeness (QED) is 0.872. The Morgan fingerprint density at radius 1 is 1.17 bits per heavy atom. The van der Waals surface area contributed by atoms with Gasteiger partial charge in [0.25, 0.3) is 0 Å². The first kappa shape index (κ1) is 14.4. The minimum Gasteiger partial charge on any atom is -0.496 e. The second kappa shape index (κ2) is 5.29. The van der Waals surface area contributed by atoms with Crippen LogP contribution in [-0.2, 0) is 4.74 Å². The molecule has 0 atom stereocenters. The predicted octanol–water partition coefficient (Wildman–Crippen LogP) is 3.66. The maximum atomic E-state index is 11.7. The summed E-state index contributed by atoms with van der Waals surface area (Å²) in [7, 11) is 1.63. The van der Waals surface area contributed by atoms with Crippen LogP contribution in [0.25, 0.3) is 0 Å². The highest BCUT2D eigenvalue weighted by molar-refractivity contribution is 5.86. The average Bonchev–Trinajstić information content (AvgIpc) is 2.20. The number of ether oxygens (including phenoxy) is 2. The Morgan fingerprint density at radius 2 is 1.78 bits per heavy atom. The van der Waals surface area contributed by atoms with Gasteiger partial charge < -0.3 is 9.47 Å². The molecule has 0 fully saturated rings. The molecular formula is C14H21NO3. The van der Waals surface area contributed by atoms with Crippen molar-refractivity contribution in [3.8, 4) is 5.75 Å². The summed E-state index contributed by atoms with van der Waals surface area (Å²) in [4.78, 5) is 11.7. The van der Waals surface area contributed by atoms with Crippen molar-refractivity contribution in [3.63, 3.8) is 0 Å². The van der Waals surface area contributed by atoms with Gasteiger partial charge in [-0.3, -0.25) is 5.32 Å². The Kier molecular flexibility index (Phi) is 4.22. The number of amides is 1. The fourth-order valence-electron chi connectivity index (χ4n) is 1.56. The lowest BCUT2D eigenvalue weighted by Crippen LogP contribution is -2.27. The molecule has 0 unspecified atom stereocenters. The topological polar surface area (TPSA) is 47.6 Å². The van der Waals surface area contributed by atoms with Crippen LogP contribution in [0.1, 0.15) is 31.9 Å². The number of aryl methyl sites for hydroxylation is 2. The third-order valence-corrected chi connectivity index (χ3v) is 2.38. The van der Waals surface area contributed by atoms with E-state index in [2.05, 4.69) is 5.32 Å². The van der Waals surface area contributed by atoms with Crippen molar-refractivity contribution in [2.24, 2.45) is 0 Å². The van der Waals surface area contributed by atoms with Crippen LogP contribution in [0, 0.1) is 13.8 Å². The minimum atomic E-state index is -0.500. The van der Waals surface area contributed by atoms with E-state index in [9.17, 15) is 4.79 Å². The molecule has 1 amide bonds. The summed E-state index contributed by atoms with van der Waals surface area (Å²) < 4.78 is 10.4. The molecule has 18 heavy (non-hydrogen) atoms. The van der Waals surface area contributed by atoms with Gasteiger partial charge in [-0.05, 0) is 57.9 Å². The van der Waals surface area contributed by atoms with E-state index in [1.165, 1.54) is 0 Å². The first-order chi connectivity index (χ1) is 8.23. The fourth-order valence-corrected chi connectivity index (χ4v) is 1.56. The molecule has 0 aliphatic carbocycles. The molecule has 0 spiro atoms. The molecule has 1 N–H and O–H groups in total. The maximum Gasteiger partial charge on any atom is 0.412 e. The van der Waals surface area contributed by atoms with Gasteiger partial charge in [-0.25, -0.2) is 4.79 Å². The van der Waals surface area contributed by atoms with Gasteiger partial charge in [-0.15, -0.1) is 0 Å². The van der Waals surface area contributed by atoms with Crippen molar-refractivity contribution < 1.29 is 14.3 Å². The van der Waals surface area contributed by atoms with E-state index >= 15 is 0 Å². The fraction of sp³-hybridized carbons (Fsp3) is 0.500. The number of hydrogen-bond acceptors (Lipinski definition) is 3. The molecule has 0 radical (unpaired) electrons. The van der Waals surface area contributed by atoms with Crippen molar-refractivity contribution in [3.05, 3.63) is 23.3 Å². The molecule has 0 aromatic heterocycles. The molecule has 0 aliphatic heterocycles. The zero-order valence-corrected chi connectivity index (χ0v) is 11.9. The molecule has 0 heterocycles. The Labute approximate surface area is 108 Å². The highest BCUT2D eigenvalue weighted by Crippen LogP contribution is 2.26. The van der Waals surface area contributed by atoms with Gasteiger partial charge >= 0.3 is 6.09 Å². The van der Waals surface area contributed by atoms with Crippen LogP contribution in [0.2, 0.25) is 0 Å². The monoisotopic (exact) mass is 251 g/mol. The summed E-state index contributed by atoms with van der Waals surface area (Å²) in [5, 5.41) is 2.74. The van der Waals surface area contributed by atoms with Crippen molar-refractivity contribution in [1.29, 1.82) is 0 Å². The summed E-state index contributed by atoms with van der Waals surface area (Å²) in [5.41, 5.74) is 2.14. The normalized spacial score (nSPS) is 11.0. The van der Waals surface area contributed by atoms with E-state index < -0.39 is 11.7 Å². The third-order valence-electron chi connectivity index (χ3n) is 2.38. The number of carbonyl (C=O) groups excluding carboxylic acids is 1. The van der Waals surface area contributed by atoms with Crippen LogP contribution in [0.3, 0.4) is 0 Å². The van der Waals surface area contributed by atoms with Crippen LogP contribution in [0.4, 0.5) is 10.5 Å². The lowest BCUT2D eigenvalue weighted by Gasteiger charge is -2.20. The van der Waals surface area contributed by atoms with E-state index in [-0.39, 0.29) is 0 Å². The summed E-state index contributed by atoms with van der Waals surface area (Å²) in [5.74, 6) is 0.808. The summed E-state index contributed by atoms with van der Waals surface area (Å²) in [6.45, 7) is 9.34. The van der Waals surface area contributed by atoms with Crippen molar-refractivity contribution >= 4 is 11.8 Å². The number of benzene rings is 1. The van der Waals surface area contributed by atoms with Crippen LogP contribution in [0.5, 0.6) is 5.75 Å². The van der Waals surface area contributed by atoms with Crippen LogP contribution >= 0.6 is 0 Å². The maximum absolute atomic E-state index is 11.7. The second-order valence-corrected chi connectivity index (χ2v) is 5.26. The number of rotatable bonds is 2. The van der Waals surface area contributed by atoms with E-state index in [1.807, 2.05) is 46.8 Å². The summed E-state index contributed by atoms with van der Waals surface area (Å²) in [6.07, 6.45) is -0.449. The molecule has 1 aromatic carbocycles. The smallest absolute Gasteiger partial charge is 0.412 e. The lowest BCUT2D eigenvalue weighted by molar-refractivity contribution is 0.0636. The molecule has 0 saturated heterocycles. The SMILES string of the molecule is COc1cc(C)c(NC(=O)OC(C)(C)C)cc1C. The molecule has 0 bridgehead atoms. The Bertz CT molecular complexity index is 447. The van der Waals surface area contributed by atoms with Crippen LogP contribution < -0.4 is 10.1 Å². The lowest BCUT2D eigenvalue weighted by atomic mass is 10.1. The van der Waals surface area contributed by atoms with E-state index in [0.717, 1.165) is 22.6 Å². The standard InChI is InChI=1S/C14H21NO3/c1-9-8-12(17-6)10(2)7-11(9)15-13(16)18-14(3,4)5/h7-8H,1-6H3,(H,15,16). The molecule has 4 heteroatoms. The van der Waals surface area contributed by atoms with Gasteiger partial charge in [0.1, 0.15) is 11.4 Å². The van der Waals surface area contributed by atoms with E-state index in [1.54, 1.807) is 7.11 Å². The molecule has 0 saturated carbocycles. The summed E-state index contributed by atoms with van der Waals surface area (Å²) in [6, 6.07) is 3.76. The van der Waals surface area contributed by atoms with Gasteiger partial charge in [0, 0.05) is 5.69 Å². The molecule has 1 rings (SSSR count). The van der Waals surface area contributed by atoms with Crippen molar-refractivity contribution in [2.75, 3.05) is 12.4 Å².